The molecule has 5 heteroatoms. The van der Waals surface area contributed by atoms with Gasteiger partial charge in [-0.3, -0.25) is 4.79 Å². The van der Waals surface area contributed by atoms with E-state index >= 15 is 0 Å². The molecule has 0 aromatic heterocycles. The van der Waals surface area contributed by atoms with Crippen LogP contribution in [0.25, 0.3) is 0 Å². The predicted octanol–water partition coefficient (Wildman–Crippen LogP) is 4.35. The molecule has 0 saturated heterocycles. The number of anilines is 1. The van der Waals surface area contributed by atoms with Gasteiger partial charge in [0.1, 0.15) is 5.82 Å². The number of carbonyl (C=O) groups excluding carboxylic acids is 1. The van der Waals surface area contributed by atoms with Crippen LogP contribution in [0.3, 0.4) is 0 Å². The number of rotatable bonds is 5. The first-order valence-electron chi connectivity index (χ1n) is 6.01. The number of amides is 1. The number of thioether (sulfide) groups is 1. The summed E-state index contributed by atoms with van der Waals surface area (Å²) in [5.74, 6) is 0.671. The molecule has 0 atom stereocenters. The molecule has 0 aliphatic rings. The fourth-order valence-electron chi connectivity index (χ4n) is 1.57. The molecule has 0 aliphatic carbocycles. The van der Waals surface area contributed by atoms with E-state index in [-0.39, 0.29) is 11.7 Å². The Bertz CT molecular complexity index is 571. The summed E-state index contributed by atoms with van der Waals surface area (Å²) in [5.41, 5.74) is 1.72. The highest BCUT2D eigenvalue weighted by Crippen LogP contribution is 2.16. The standard InChI is InChI=1S/C15H13ClFNOS/c16-12-3-1-11(2-4-12)9-20-10-15(19)18-14-7-5-13(17)6-8-14/h1-8H,9-10H2,(H,18,19). The van der Waals surface area contributed by atoms with E-state index in [9.17, 15) is 9.18 Å². The fourth-order valence-corrected chi connectivity index (χ4v) is 2.49. The maximum absolute atomic E-state index is 12.7. The fraction of sp³-hybridized carbons (Fsp3) is 0.133. The van der Waals surface area contributed by atoms with Gasteiger partial charge in [-0.2, -0.15) is 0 Å². The monoisotopic (exact) mass is 309 g/mol. The predicted molar refractivity (Wildman–Crippen MR) is 82.6 cm³/mol. The topological polar surface area (TPSA) is 29.1 Å². The molecule has 0 bridgehead atoms. The lowest BCUT2D eigenvalue weighted by Gasteiger charge is -2.05. The second-order valence-corrected chi connectivity index (χ2v) is 5.60. The van der Waals surface area contributed by atoms with Crippen molar-refractivity contribution >= 4 is 35.0 Å². The normalized spacial score (nSPS) is 10.3. The Morgan fingerprint density at radius 3 is 2.40 bits per heavy atom. The zero-order valence-corrected chi connectivity index (χ0v) is 12.2. The van der Waals surface area contributed by atoms with Crippen LogP contribution >= 0.6 is 23.4 Å². The van der Waals surface area contributed by atoms with Crippen molar-refractivity contribution in [2.75, 3.05) is 11.1 Å². The van der Waals surface area contributed by atoms with Crippen LogP contribution in [-0.4, -0.2) is 11.7 Å². The largest absolute Gasteiger partial charge is 0.325 e. The van der Waals surface area contributed by atoms with Crippen molar-refractivity contribution in [1.29, 1.82) is 0 Å². The molecule has 0 fully saturated rings. The number of nitrogens with one attached hydrogen (secondary N) is 1. The van der Waals surface area contributed by atoms with E-state index in [1.807, 2.05) is 24.3 Å². The number of hydrogen-bond acceptors (Lipinski definition) is 2. The molecule has 0 spiro atoms. The second kappa shape index (κ2) is 7.31. The molecule has 0 radical (unpaired) electrons. The molecule has 20 heavy (non-hydrogen) atoms. The van der Waals surface area contributed by atoms with E-state index in [4.69, 9.17) is 11.6 Å². The summed E-state index contributed by atoms with van der Waals surface area (Å²) in [5, 5.41) is 3.42. The molecule has 2 nitrogen and oxygen atoms in total. The average Bonchev–Trinajstić information content (AvgIpc) is 2.44. The summed E-state index contributed by atoms with van der Waals surface area (Å²) in [6, 6.07) is 13.2. The Balaban J connectivity index is 1.75. The Morgan fingerprint density at radius 2 is 1.75 bits per heavy atom. The van der Waals surface area contributed by atoms with Crippen molar-refractivity contribution in [2.45, 2.75) is 5.75 Å². The number of hydrogen-bond donors (Lipinski definition) is 1. The minimum absolute atomic E-state index is 0.101. The number of halogens is 2. The van der Waals surface area contributed by atoms with Gasteiger partial charge >= 0.3 is 0 Å². The van der Waals surface area contributed by atoms with Gasteiger partial charge in [-0.25, -0.2) is 4.39 Å². The summed E-state index contributed by atoms with van der Waals surface area (Å²) in [6.45, 7) is 0. The highest BCUT2D eigenvalue weighted by Gasteiger charge is 2.03. The molecule has 104 valence electrons. The first kappa shape index (κ1) is 14.9. The van der Waals surface area contributed by atoms with Gasteiger partial charge in [-0.1, -0.05) is 23.7 Å². The summed E-state index contributed by atoms with van der Waals surface area (Å²) in [6.07, 6.45) is 0. The quantitative estimate of drug-likeness (QED) is 0.889. The van der Waals surface area contributed by atoms with Crippen molar-refractivity contribution in [3.8, 4) is 0 Å². The maximum atomic E-state index is 12.7. The summed E-state index contributed by atoms with van der Waals surface area (Å²) in [4.78, 5) is 11.7. The van der Waals surface area contributed by atoms with E-state index in [2.05, 4.69) is 5.32 Å². The van der Waals surface area contributed by atoms with Crippen LogP contribution in [0.2, 0.25) is 5.02 Å². The molecule has 1 N–H and O–H groups in total. The third-order valence-electron chi connectivity index (χ3n) is 2.54. The van der Waals surface area contributed by atoms with E-state index < -0.39 is 0 Å². The van der Waals surface area contributed by atoms with Gasteiger partial charge in [0, 0.05) is 16.5 Å². The van der Waals surface area contributed by atoms with Crippen molar-refractivity contribution < 1.29 is 9.18 Å². The minimum atomic E-state index is -0.319. The van der Waals surface area contributed by atoms with Crippen molar-refractivity contribution in [2.24, 2.45) is 0 Å². The van der Waals surface area contributed by atoms with Gasteiger partial charge in [0.05, 0.1) is 5.75 Å². The van der Waals surface area contributed by atoms with Gasteiger partial charge in [-0.15, -0.1) is 11.8 Å². The molecule has 2 aromatic rings. The molecule has 0 heterocycles. The summed E-state index contributed by atoms with van der Waals surface area (Å²) in [7, 11) is 0. The molecular formula is C15H13ClFNOS. The van der Waals surface area contributed by atoms with Crippen LogP contribution in [0.15, 0.2) is 48.5 Å². The van der Waals surface area contributed by atoms with Crippen LogP contribution in [0.1, 0.15) is 5.56 Å². The first-order chi connectivity index (χ1) is 9.63. The Hall–Kier alpha value is -1.52. The lowest BCUT2D eigenvalue weighted by molar-refractivity contribution is -0.113. The van der Waals surface area contributed by atoms with Crippen LogP contribution in [0.4, 0.5) is 10.1 Å². The minimum Gasteiger partial charge on any atom is -0.325 e. The average molecular weight is 310 g/mol. The highest BCUT2D eigenvalue weighted by molar-refractivity contribution is 7.99. The molecule has 0 saturated carbocycles. The molecule has 0 aliphatic heterocycles. The van der Waals surface area contributed by atoms with Crippen molar-refractivity contribution in [1.82, 2.24) is 0 Å². The van der Waals surface area contributed by atoms with E-state index in [0.717, 1.165) is 11.3 Å². The molecular weight excluding hydrogens is 297 g/mol. The summed E-state index contributed by atoms with van der Waals surface area (Å²) < 4.78 is 12.7. The molecule has 2 rings (SSSR count). The van der Waals surface area contributed by atoms with E-state index in [1.54, 1.807) is 0 Å². The third kappa shape index (κ3) is 4.87. The Kier molecular flexibility index (Phi) is 5.44. The van der Waals surface area contributed by atoms with E-state index in [0.29, 0.717) is 16.5 Å². The molecule has 0 unspecified atom stereocenters. The van der Waals surface area contributed by atoms with Gasteiger partial charge < -0.3 is 5.32 Å². The lowest BCUT2D eigenvalue weighted by atomic mass is 10.2. The number of benzene rings is 2. The van der Waals surface area contributed by atoms with Crippen LogP contribution in [-0.2, 0) is 10.5 Å². The second-order valence-electron chi connectivity index (χ2n) is 4.17. The van der Waals surface area contributed by atoms with Crippen LogP contribution in [0.5, 0.6) is 0 Å². The van der Waals surface area contributed by atoms with Crippen molar-refractivity contribution in [3.05, 3.63) is 64.9 Å². The Morgan fingerprint density at radius 1 is 1.10 bits per heavy atom. The Labute approximate surface area is 126 Å². The highest BCUT2D eigenvalue weighted by atomic mass is 35.5. The van der Waals surface area contributed by atoms with Crippen LogP contribution in [0, 0.1) is 5.82 Å². The summed E-state index contributed by atoms with van der Waals surface area (Å²) >= 11 is 7.31. The number of carbonyl (C=O) groups is 1. The van der Waals surface area contributed by atoms with Gasteiger partial charge in [-0.05, 0) is 42.0 Å². The van der Waals surface area contributed by atoms with Crippen LogP contribution < -0.4 is 5.32 Å². The van der Waals surface area contributed by atoms with Gasteiger partial charge in [0.2, 0.25) is 5.91 Å². The maximum Gasteiger partial charge on any atom is 0.234 e. The SMILES string of the molecule is O=C(CSCc1ccc(Cl)cc1)Nc1ccc(F)cc1. The molecule has 2 aromatic carbocycles. The lowest BCUT2D eigenvalue weighted by Crippen LogP contribution is -2.14. The zero-order valence-electron chi connectivity index (χ0n) is 10.6. The molecule has 1 amide bonds. The smallest absolute Gasteiger partial charge is 0.234 e. The van der Waals surface area contributed by atoms with Gasteiger partial charge in [0.15, 0.2) is 0 Å². The third-order valence-corrected chi connectivity index (χ3v) is 3.80. The first-order valence-corrected chi connectivity index (χ1v) is 7.54. The van der Waals surface area contributed by atoms with Crippen molar-refractivity contribution in [3.63, 3.8) is 0 Å². The van der Waals surface area contributed by atoms with Gasteiger partial charge in [0.25, 0.3) is 0 Å². The van der Waals surface area contributed by atoms with E-state index in [1.165, 1.54) is 36.0 Å². The zero-order chi connectivity index (χ0) is 14.4.